The summed E-state index contributed by atoms with van der Waals surface area (Å²) in [6, 6.07) is 24.7. The number of rotatable bonds is 4. The van der Waals surface area contributed by atoms with Crippen molar-refractivity contribution in [2.45, 2.75) is 0 Å². The maximum absolute atomic E-state index is 5.30. The van der Waals surface area contributed by atoms with Gasteiger partial charge in [0, 0.05) is 0 Å². The molecule has 0 atom stereocenters. The van der Waals surface area contributed by atoms with Crippen LogP contribution in [-0.2, 0) is 0 Å². The van der Waals surface area contributed by atoms with E-state index in [4.69, 9.17) is 9.47 Å². The van der Waals surface area contributed by atoms with E-state index in [9.17, 15) is 0 Å². The second-order valence-corrected chi connectivity index (χ2v) is 5.04. The highest BCUT2D eigenvalue weighted by Crippen LogP contribution is 2.29. The van der Waals surface area contributed by atoms with Gasteiger partial charge in [-0.3, -0.25) is 0 Å². The molecule has 0 spiro atoms. The summed E-state index contributed by atoms with van der Waals surface area (Å²) in [6.07, 6.45) is 0. The molecule has 0 aliphatic carbocycles. The highest BCUT2D eigenvalue weighted by molar-refractivity contribution is 5.74. The summed E-state index contributed by atoms with van der Waals surface area (Å²) in [5.41, 5.74) is 4.62. The molecule has 0 saturated heterocycles. The van der Waals surface area contributed by atoms with Gasteiger partial charge in [0.2, 0.25) is 0 Å². The van der Waals surface area contributed by atoms with E-state index in [0.29, 0.717) is 0 Å². The van der Waals surface area contributed by atoms with Crippen LogP contribution in [0.2, 0.25) is 0 Å². The molecule has 3 rings (SSSR count). The number of ether oxygens (including phenoxy) is 2. The second kappa shape index (κ2) is 6.35. The average molecular weight is 290 g/mol. The Bertz CT molecular complexity index is 715. The topological polar surface area (TPSA) is 18.5 Å². The molecule has 3 aromatic carbocycles. The van der Waals surface area contributed by atoms with E-state index in [2.05, 4.69) is 36.4 Å². The van der Waals surface area contributed by atoms with E-state index in [1.807, 2.05) is 36.4 Å². The van der Waals surface area contributed by atoms with Gasteiger partial charge in [0.1, 0.15) is 11.5 Å². The fourth-order valence-corrected chi connectivity index (χ4v) is 2.48. The van der Waals surface area contributed by atoms with Gasteiger partial charge in [-0.2, -0.15) is 0 Å². The summed E-state index contributed by atoms with van der Waals surface area (Å²) in [7, 11) is 3.37. The molecule has 0 aliphatic heterocycles. The first-order valence-corrected chi connectivity index (χ1v) is 7.19. The predicted molar refractivity (Wildman–Crippen MR) is 90.4 cm³/mol. The summed E-state index contributed by atoms with van der Waals surface area (Å²) in [4.78, 5) is 0. The highest BCUT2D eigenvalue weighted by Gasteiger charge is 2.04. The molecule has 0 amide bonds. The monoisotopic (exact) mass is 290 g/mol. The van der Waals surface area contributed by atoms with Gasteiger partial charge < -0.3 is 9.47 Å². The molecule has 2 heteroatoms. The third kappa shape index (κ3) is 2.96. The van der Waals surface area contributed by atoms with Crippen LogP contribution in [0.15, 0.2) is 72.8 Å². The number of hydrogen-bond acceptors (Lipinski definition) is 2. The summed E-state index contributed by atoms with van der Waals surface area (Å²) < 4.78 is 10.6. The first kappa shape index (κ1) is 14.2. The van der Waals surface area contributed by atoms with E-state index >= 15 is 0 Å². The molecule has 22 heavy (non-hydrogen) atoms. The van der Waals surface area contributed by atoms with Crippen molar-refractivity contribution < 1.29 is 9.47 Å². The molecule has 110 valence electrons. The largest absolute Gasteiger partial charge is 0.497 e. The predicted octanol–water partition coefficient (Wildman–Crippen LogP) is 5.04. The van der Waals surface area contributed by atoms with Crippen LogP contribution in [0, 0.1) is 0 Å². The third-order valence-corrected chi connectivity index (χ3v) is 3.67. The first-order chi connectivity index (χ1) is 10.8. The van der Waals surface area contributed by atoms with E-state index in [1.165, 1.54) is 11.1 Å². The molecule has 0 aromatic heterocycles. The Morgan fingerprint density at radius 3 is 1.27 bits per heavy atom. The van der Waals surface area contributed by atoms with Crippen molar-refractivity contribution in [1.82, 2.24) is 0 Å². The van der Waals surface area contributed by atoms with Crippen LogP contribution in [0.5, 0.6) is 11.5 Å². The quantitative estimate of drug-likeness (QED) is 0.670. The highest BCUT2D eigenvalue weighted by atomic mass is 16.5. The molecule has 0 saturated carbocycles. The van der Waals surface area contributed by atoms with Gasteiger partial charge in [-0.1, -0.05) is 42.5 Å². The smallest absolute Gasteiger partial charge is 0.119 e. The van der Waals surface area contributed by atoms with Gasteiger partial charge in [-0.25, -0.2) is 0 Å². The Balaban J connectivity index is 2.01. The molecular formula is C20H18O2. The van der Waals surface area contributed by atoms with Crippen LogP contribution in [0.3, 0.4) is 0 Å². The Morgan fingerprint density at radius 2 is 0.864 bits per heavy atom. The SMILES string of the molecule is COc1cccc(-c2cccc(-c3cccc(OC)c3)c2)c1. The molecule has 0 unspecified atom stereocenters. The zero-order valence-corrected chi connectivity index (χ0v) is 12.7. The first-order valence-electron chi connectivity index (χ1n) is 7.19. The van der Waals surface area contributed by atoms with Gasteiger partial charge in [0.25, 0.3) is 0 Å². The fraction of sp³-hybridized carbons (Fsp3) is 0.100. The Hall–Kier alpha value is -2.74. The Morgan fingerprint density at radius 1 is 0.500 bits per heavy atom. The van der Waals surface area contributed by atoms with Crippen molar-refractivity contribution in [2.75, 3.05) is 14.2 Å². The van der Waals surface area contributed by atoms with Crippen molar-refractivity contribution in [3.8, 4) is 33.8 Å². The zero-order chi connectivity index (χ0) is 15.4. The molecule has 0 aliphatic rings. The van der Waals surface area contributed by atoms with Gasteiger partial charge >= 0.3 is 0 Å². The van der Waals surface area contributed by atoms with E-state index in [0.717, 1.165) is 22.6 Å². The molecule has 0 bridgehead atoms. The van der Waals surface area contributed by atoms with Gasteiger partial charge in [-0.15, -0.1) is 0 Å². The van der Waals surface area contributed by atoms with Crippen LogP contribution in [0.4, 0.5) is 0 Å². The molecule has 0 N–H and O–H groups in total. The summed E-state index contributed by atoms with van der Waals surface area (Å²) in [6.45, 7) is 0. The van der Waals surface area contributed by atoms with Crippen LogP contribution >= 0.6 is 0 Å². The normalized spacial score (nSPS) is 10.3. The number of benzene rings is 3. The van der Waals surface area contributed by atoms with Crippen molar-refractivity contribution in [3.63, 3.8) is 0 Å². The van der Waals surface area contributed by atoms with Crippen LogP contribution in [0.25, 0.3) is 22.3 Å². The van der Waals surface area contributed by atoms with E-state index < -0.39 is 0 Å². The van der Waals surface area contributed by atoms with Gasteiger partial charge in [0.15, 0.2) is 0 Å². The maximum atomic E-state index is 5.30. The van der Waals surface area contributed by atoms with Crippen molar-refractivity contribution in [1.29, 1.82) is 0 Å². The molecule has 0 heterocycles. The minimum Gasteiger partial charge on any atom is -0.497 e. The lowest BCUT2D eigenvalue weighted by atomic mass is 9.99. The standard InChI is InChI=1S/C20H18O2/c1-21-19-10-4-8-17(13-19)15-6-3-7-16(12-15)18-9-5-11-20(14-18)22-2/h3-14H,1-2H3. The zero-order valence-electron chi connectivity index (χ0n) is 12.7. The van der Waals surface area contributed by atoms with E-state index in [1.54, 1.807) is 14.2 Å². The van der Waals surface area contributed by atoms with Crippen molar-refractivity contribution in [2.24, 2.45) is 0 Å². The summed E-state index contributed by atoms with van der Waals surface area (Å²) in [5.74, 6) is 1.73. The van der Waals surface area contributed by atoms with Gasteiger partial charge in [0.05, 0.1) is 14.2 Å². The summed E-state index contributed by atoms with van der Waals surface area (Å²) >= 11 is 0. The maximum Gasteiger partial charge on any atom is 0.119 e. The lowest BCUT2D eigenvalue weighted by molar-refractivity contribution is 0.415. The molecular weight excluding hydrogens is 272 g/mol. The Labute approximate surface area is 131 Å². The van der Waals surface area contributed by atoms with E-state index in [-0.39, 0.29) is 0 Å². The summed E-state index contributed by atoms with van der Waals surface area (Å²) in [5, 5.41) is 0. The van der Waals surface area contributed by atoms with Crippen LogP contribution < -0.4 is 9.47 Å². The molecule has 3 aromatic rings. The molecule has 2 nitrogen and oxygen atoms in total. The second-order valence-electron chi connectivity index (χ2n) is 5.04. The van der Waals surface area contributed by atoms with Crippen molar-refractivity contribution >= 4 is 0 Å². The van der Waals surface area contributed by atoms with Gasteiger partial charge in [-0.05, 0) is 52.6 Å². The number of methoxy groups -OCH3 is 2. The number of hydrogen-bond donors (Lipinski definition) is 0. The minimum atomic E-state index is 0.865. The minimum absolute atomic E-state index is 0.865. The fourth-order valence-electron chi connectivity index (χ4n) is 2.48. The molecule has 0 radical (unpaired) electrons. The van der Waals surface area contributed by atoms with Crippen molar-refractivity contribution in [3.05, 3.63) is 72.8 Å². The lowest BCUT2D eigenvalue weighted by Crippen LogP contribution is -1.86. The average Bonchev–Trinajstić information content (AvgIpc) is 2.62. The third-order valence-electron chi connectivity index (χ3n) is 3.67. The van der Waals surface area contributed by atoms with Crippen LogP contribution in [0.1, 0.15) is 0 Å². The Kier molecular flexibility index (Phi) is 4.10. The molecule has 0 fully saturated rings. The lowest BCUT2D eigenvalue weighted by Gasteiger charge is -2.08. The van der Waals surface area contributed by atoms with Crippen LogP contribution in [-0.4, -0.2) is 14.2 Å².